The molecule has 4 heteroatoms. The van der Waals surface area contributed by atoms with Crippen molar-refractivity contribution in [3.05, 3.63) is 29.0 Å². The van der Waals surface area contributed by atoms with Crippen LogP contribution in [-0.4, -0.2) is 26.2 Å². The fourth-order valence-corrected chi connectivity index (χ4v) is 1.70. The van der Waals surface area contributed by atoms with Gasteiger partial charge in [0.2, 0.25) is 0 Å². The van der Waals surface area contributed by atoms with Crippen LogP contribution in [0.3, 0.4) is 0 Å². The summed E-state index contributed by atoms with van der Waals surface area (Å²) in [6, 6.07) is 4.58. The predicted octanol–water partition coefficient (Wildman–Crippen LogP) is 2.91. The third-order valence-electron chi connectivity index (χ3n) is 2.63. The molecule has 16 heavy (non-hydrogen) atoms. The first-order valence-corrected chi connectivity index (χ1v) is 5.58. The van der Waals surface area contributed by atoms with Crippen molar-refractivity contribution in [2.24, 2.45) is 0 Å². The second-order valence-electron chi connectivity index (χ2n) is 4.59. The van der Waals surface area contributed by atoms with Crippen molar-refractivity contribution < 1.29 is 4.39 Å². The average Bonchev–Trinajstić information content (AvgIpc) is 2.21. The zero-order valence-electron chi connectivity index (χ0n) is 10.1. The van der Waals surface area contributed by atoms with Gasteiger partial charge in [0.25, 0.3) is 0 Å². The minimum absolute atomic E-state index is 0.0799. The molecule has 0 saturated heterocycles. The SMILES string of the molecule is CNC(C)(C)CN(C)c1cc(Cl)ccc1F. The molecule has 0 heterocycles. The Kier molecular flexibility index (Phi) is 4.16. The van der Waals surface area contributed by atoms with Crippen LogP contribution in [0, 0.1) is 5.82 Å². The molecule has 0 aromatic heterocycles. The van der Waals surface area contributed by atoms with Crippen LogP contribution in [0.1, 0.15) is 13.8 Å². The van der Waals surface area contributed by atoms with Crippen molar-refractivity contribution in [2.75, 3.05) is 25.5 Å². The van der Waals surface area contributed by atoms with E-state index in [0.29, 0.717) is 17.3 Å². The number of nitrogens with zero attached hydrogens (tertiary/aromatic N) is 1. The molecule has 1 aromatic rings. The summed E-state index contributed by atoms with van der Waals surface area (Å²) in [5, 5.41) is 3.73. The topological polar surface area (TPSA) is 15.3 Å². The maximum atomic E-state index is 13.6. The van der Waals surface area contributed by atoms with Crippen molar-refractivity contribution in [2.45, 2.75) is 19.4 Å². The van der Waals surface area contributed by atoms with Gasteiger partial charge in [-0.15, -0.1) is 0 Å². The van der Waals surface area contributed by atoms with Crippen molar-refractivity contribution in [1.29, 1.82) is 0 Å². The van der Waals surface area contributed by atoms with Crippen molar-refractivity contribution >= 4 is 17.3 Å². The van der Waals surface area contributed by atoms with E-state index in [-0.39, 0.29) is 11.4 Å². The molecule has 0 spiro atoms. The number of rotatable bonds is 4. The van der Waals surface area contributed by atoms with E-state index < -0.39 is 0 Å². The Bertz CT molecular complexity index is 366. The van der Waals surface area contributed by atoms with Gasteiger partial charge in [0.05, 0.1) is 5.69 Å². The molecule has 0 fully saturated rings. The highest BCUT2D eigenvalue weighted by molar-refractivity contribution is 6.30. The minimum atomic E-state index is -0.251. The molecule has 0 aliphatic rings. The van der Waals surface area contributed by atoms with Crippen molar-refractivity contribution in [1.82, 2.24) is 5.32 Å². The molecule has 0 bridgehead atoms. The number of hydrogen-bond acceptors (Lipinski definition) is 2. The van der Waals surface area contributed by atoms with E-state index in [9.17, 15) is 4.39 Å². The molecule has 0 aliphatic carbocycles. The molecule has 1 N–H and O–H groups in total. The molecule has 0 radical (unpaired) electrons. The van der Waals surface area contributed by atoms with E-state index in [2.05, 4.69) is 19.2 Å². The molecule has 0 atom stereocenters. The normalized spacial score (nSPS) is 11.6. The maximum Gasteiger partial charge on any atom is 0.146 e. The Morgan fingerprint density at radius 2 is 2.06 bits per heavy atom. The fraction of sp³-hybridized carbons (Fsp3) is 0.500. The monoisotopic (exact) mass is 244 g/mol. The molecular weight excluding hydrogens is 227 g/mol. The molecule has 0 unspecified atom stereocenters. The van der Waals surface area contributed by atoms with Crippen LogP contribution in [0.4, 0.5) is 10.1 Å². The predicted molar refractivity (Wildman–Crippen MR) is 67.8 cm³/mol. The maximum absolute atomic E-state index is 13.6. The lowest BCUT2D eigenvalue weighted by Crippen LogP contribution is -2.46. The van der Waals surface area contributed by atoms with Crippen LogP contribution in [-0.2, 0) is 0 Å². The van der Waals surface area contributed by atoms with Gasteiger partial charge in [-0.05, 0) is 39.1 Å². The van der Waals surface area contributed by atoms with Crippen LogP contribution in [0.25, 0.3) is 0 Å². The van der Waals surface area contributed by atoms with Gasteiger partial charge in [-0.25, -0.2) is 4.39 Å². The van der Waals surface area contributed by atoms with E-state index in [4.69, 9.17) is 11.6 Å². The number of likely N-dealkylation sites (N-methyl/N-ethyl adjacent to an activating group) is 2. The molecular formula is C12H18ClFN2. The van der Waals surface area contributed by atoms with E-state index in [1.165, 1.54) is 6.07 Å². The zero-order chi connectivity index (χ0) is 12.3. The average molecular weight is 245 g/mol. The quantitative estimate of drug-likeness (QED) is 0.876. The van der Waals surface area contributed by atoms with Gasteiger partial charge in [0.1, 0.15) is 5.82 Å². The summed E-state index contributed by atoms with van der Waals surface area (Å²) < 4.78 is 13.6. The van der Waals surface area contributed by atoms with Gasteiger partial charge in [-0.2, -0.15) is 0 Å². The molecule has 0 aliphatic heterocycles. The van der Waals surface area contributed by atoms with E-state index in [1.54, 1.807) is 12.1 Å². The Morgan fingerprint density at radius 1 is 1.44 bits per heavy atom. The summed E-state index contributed by atoms with van der Waals surface area (Å²) in [6.07, 6.45) is 0. The Morgan fingerprint density at radius 3 is 2.62 bits per heavy atom. The van der Waals surface area contributed by atoms with Gasteiger partial charge < -0.3 is 10.2 Å². The van der Waals surface area contributed by atoms with Crippen LogP contribution in [0.2, 0.25) is 5.02 Å². The molecule has 0 saturated carbocycles. The van der Waals surface area contributed by atoms with E-state index in [1.807, 2.05) is 19.0 Å². The summed E-state index contributed by atoms with van der Waals surface area (Å²) in [7, 11) is 3.75. The number of hydrogen-bond donors (Lipinski definition) is 1. The van der Waals surface area contributed by atoms with Crippen LogP contribution in [0.5, 0.6) is 0 Å². The smallest absolute Gasteiger partial charge is 0.146 e. The van der Waals surface area contributed by atoms with Crippen LogP contribution in [0.15, 0.2) is 18.2 Å². The highest BCUT2D eigenvalue weighted by Gasteiger charge is 2.19. The summed E-state index contributed by atoms with van der Waals surface area (Å²) in [5.41, 5.74) is 0.444. The summed E-state index contributed by atoms with van der Waals surface area (Å²) in [5.74, 6) is -0.251. The highest BCUT2D eigenvalue weighted by Crippen LogP contribution is 2.23. The Balaban J connectivity index is 2.88. The third kappa shape index (κ3) is 3.35. The van der Waals surface area contributed by atoms with Gasteiger partial charge in [0, 0.05) is 24.2 Å². The fourth-order valence-electron chi connectivity index (χ4n) is 1.54. The summed E-state index contributed by atoms with van der Waals surface area (Å²) in [6.45, 7) is 4.82. The lowest BCUT2D eigenvalue weighted by atomic mass is 10.1. The number of anilines is 1. The van der Waals surface area contributed by atoms with Gasteiger partial charge >= 0.3 is 0 Å². The zero-order valence-corrected chi connectivity index (χ0v) is 10.9. The largest absolute Gasteiger partial charge is 0.370 e. The number of benzene rings is 1. The Labute approximate surface area is 101 Å². The lowest BCUT2D eigenvalue weighted by Gasteiger charge is -2.31. The lowest BCUT2D eigenvalue weighted by molar-refractivity contribution is 0.426. The van der Waals surface area contributed by atoms with Crippen LogP contribution >= 0.6 is 11.6 Å². The second kappa shape index (κ2) is 5.02. The first-order valence-electron chi connectivity index (χ1n) is 5.21. The first-order chi connectivity index (χ1) is 7.35. The van der Waals surface area contributed by atoms with E-state index in [0.717, 1.165) is 0 Å². The van der Waals surface area contributed by atoms with Gasteiger partial charge in [0.15, 0.2) is 0 Å². The van der Waals surface area contributed by atoms with Gasteiger partial charge in [-0.1, -0.05) is 11.6 Å². The molecule has 1 rings (SSSR count). The number of nitrogens with one attached hydrogen (secondary N) is 1. The minimum Gasteiger partial charge on any atom is -0.370 e. The van der Waals surface area contributed by atoms with E-state index >= 15 is 0 Å². The summed E-state index contributed by atoms with van der Waals surface area (Å²) >= 11 is 5.86. The second-order valence-corrected chi connectivity index (χ2v) is 5.02. The number of halogens is 2. The molecule has 0 amide bonds. The molecule has 90 valence electrons. The summed E-state index contributed by atoms with van der Waals surface area (Å²) in [4.78, 5) is 1.86. The first kappa shape index (κ1) is 13.3. The van der Waals surface area contributed by atoms with Crippen LogP contribution < -0.4 is 10.2 Å². The van der Waals surface area contributed by atoms with Crippen molar-refractivity contribution in [3.63, 3.8) is 0 Å². The highest BCUT2D eigenvalue weighted by atomic mass is 35.5. The molecule has 1 aromatic carbocycles. The molecule has 2 nitrogen and oxygen atoms in total. The van der Waals surface area contributed by atoms with Crippen molar-refractivity contribution in [3.8, 4) is 0 Å². The third-order valence-corrected chi connectivity index (χ3v) is 2.86. The standard InChI is InChI=1S/C12H18ClFN2/c1-12(2,15-3)8-16(4)11-7-9(13)5-6-10(11)14/h5-7,15H,8H2,1-4H3. The van der Waals surface area contributed by atoms with Gasteiger partial charge in [-0.3, -0.25) is 0 Å². The Hall–Kier alpha value is -0.800.